The molecule has 17 heavy (non-hydrogen) atoms. The topological polar surface area (TPSA) is 68.5 Å². The molecule has 0 aromatic carbocycles. The van der Waals surface area contributed by atoms with Gasteiger partial charge in [0, 0.05) is 25.3 Å². The summed E-state index contributed by atoms with van der Waals surface area (Å²) in [5.41, 5.74) is 6.38. The molecule has 1 aliphatic heterocycles. The minimum absolute atomic E-state index is 0.261. The molecule has 2 rings (SSSR count). The van der Waals surface area contributed by atoms with Crippen LogP contribution in [0.3, 0.4) is 0 Å². The molecule has 1 aliphatic rings. The zero-order chi connectivity index (χ0) is 12.3. The SMILES string of the molecule is COC(=O)c1cccnc1N1CCC(N)CC1. The maximum absolute atomic E-state index is 11.6. The number of methoxy groups -OCH3 is 1. The number of esters is 1. The average Bonchev–Trinajstić information content (AvgIpc) is 2.39. The average molecular weight is 235 g/mol. The largest absolute Gasteiger partial charge is 0.465 e. The van der Waals surface area contributed by atoms with Crippen molar-refractivity contribution in [3.63, 3.8) is 0 Å². The van der Waals surface area contributed by atoms with Crippen molar-refractivity contribution in [1.82, 2.24) is 4.98 Å². The van der Waals surface area contributed by atoms with Gasteiger partial charge in [-0.2, -0.15) is 0 Å². The Hall–Kier alpha value is -1.62. The predicted molar refractivity (Wildman–Crippen MR) is 65.0 cm³/mol. The van der Waals surface area contributed by atoms with E-state index in [0.29, 0.717) is 11.4 Å². The van der Waals surface area contributed by atoms with E-state index >= 15 is 0 Å². The molecule has 0 atom stereocenters. The van der Waals surface area contributed by atoms with E-state index in [9.17, 15) is 4.79 Å². The molecule has 2 N–H and O–H groups in total. The molecule has 5 heteroatoms. The lowest BCUT2D eigenvalue weighted by molar-refractivity contribution is 0.0601. The fourth-order valence-electron chi connectivity index (χ4n) is 2.03. The number of pyridine rings is 1. The minimum Gasteiger partial charge on any atom is -0.465 e. The zero-order valence-electron chi connectivity index (χ0n) is 9.93. The van der Waals surface area contributed by atoms with Gasteiger partial charge >= 0.3 is 5.97 Å². The number of carbonyl (C=O) groups excluding carboxylic acids is 1. The van der Waals surface area contributed by atoms with Gasteiger partial charge in [-0.25, -0.2) is 9.78 Å². The summed E-state index contributed by atoms with van der Waals surface area (Å²) in [5.74, 6) is 0.356. The lowest BCUT2D eigenvalue weighted by Crippen LogP contribution is -2.40. The van der Waals surface area contributed by atoms with Crippen molar-refractivity contribution in [2.45, 2.75) is 18.9 Å². The highest BCUT2D eigenvalue weighted by Crippen LogP contribution is 2.21. The maximum atomic E-state index is 11.6. The zero-order valence-corrected chi connectivity index (χ0v) is 9.93. The number of aromatic nitrogens is 1. The number of hydrogen-bond donors (Lipinski definition) is 1. The van der Waals surface area contributed by atoms with Crippen LogP contribution in [-0.2, 0) is 4.74 Å². The molecule has 5 nitrogen and oxygen atoms in total. The van der Waals surface area contributed by atoms with Crippen LogP contribution in [-0.4, -0.2) is 37.2 Å². The van der Waals surface area contributed by atoms with Gasteiger partial charge in [-0.1, -0.05) is 0 Å². The van der Waals surface area contributed by atoms with E-state index in [1.165, 1.54) is 7.11 Å². The predicted octanol–water partition coefficient (Wildman–Crippen LogP) is 0.796. The third-order valence-electron chi connectivity index (χ3n) is 3.03. The molecule has 1 saturated heterocycles. The Kier molecular flexibility index (Phi) is 3.58. The summed E-state index contributed by atoms with van der Waals surface area (Å²) in [4.78, 5) is 18.0. The lowest BCUT2D eigenvalue weighted by atomic mass is 10.1. The van der Waals surface area contributed by atoms with Gasteiger partial charge in [-0.15, -0.1) is 0 Å². The minimum atomic E-state index is -0.344. The fourth-order valence-corrected chi connectivity index (χ4v) is 2.03. The number of carbonyl (C=O) groups is 1. The highest BCUT2D eigenvalue weighted by Gasteiger charge is 2.22. The van der Waals surface area contributed by atoms with Crippen molar-refractivity contribution in [1.29, 1.82) is 0 Å². The number of piperidine rings is 1. The van der Waals surface area contributed by atoms with Crippen molar-refractivity contribution in [2.24, 2.45) is 5.73 Å². The van der Waals surface area contributed by atoms with Crippen molar-refractivity contribution in [2.75, 3.05) is 25.1 Å². The second-order valence-electron chi connectivity index (χ2n) is 4.19. The Morgan fingerprint density at radius 1 is 1.53 bits per heavy atom. The van der Waals surface area contributed by atoms with E-state index in [1.54, 1.807) is 18.3 Å². The molecule has 1 fully saturated rings. The second-order valence-corrected chi connectivity index (χ2v) is 4.19. The molecule has 0 aliphatic carbocycles. The summed E-state index contributed by atoms with van der Waals surface area (Å²) in [7, 11) is 1.38. The van der Waals surface area contributed by atoms with Crippen LogP contribution in [0.5, 0.6) is 0 Å². The number of rotatable bonds is 2. The standard InChI is InChI=1S/C12H17N3O2/c1-17-12(16)10-3-2-6-14-11(10)15-7-4-9(13)5-8-15/h2-3,6,9H,4-5,7-8,13H2,1H3. The van der Waals surface area contributed by atoms with Crippen LogP contribution >= 0.6 is 0 Å². The number of anilines is 1. The van der Waals surface area contributed by atoms with Crippen molar-refractivity contribution in [3.8, 4) is 0 Å². The summed E-state index contributed by atoms with van der Waals surface area (Å²) in [6.07, 6.45) is 3.55. The first-order chi connectivity index (χ1) is 8.22. The van der Waals surface area contributed by atoms with Gasteiger partial charge in [-0.05, 0) is 25.0 Å². The molecule has 0 saturated carbocycles. The summed E-state index contributed by atoms with van der Waals surface area (Å²) < 4.78 is 4.76. The monoisotopic (exact) mass is 235 g/mol. The highest BCUT2D eigenvalue weighted by molar-refractivity contribution is 5.94. The van der Waals surface area contributed by atoms with Crippen molar-refractivity contribution < 1.29 is 9.53 Å². The molecule has 0 radical (unpaired) electrons. The summed E-state index contributed by atoms with van der Waals surface area (Å²) in [6, 6.07) is 3.74. The van der Waals surface area contributed by atoms with Gasteiger partial charge in [0.15, 0.2) is 0 Å². The van der Waals surface area contributed by atoms with E-state index < -0.39 is 0 Å². The van der Waals surface area contributed by atoms with Crippen LogP contribution < -0.4 is 10.6 Å². The highest BCUT2D eigenvalue weighted by atomic mass is 16.5. The maximum Gasteiger partial charge on any atom is 0.341 e. The first-order valence-corrected chi connectivity index (χ1v) is 5.76. The number of nitrogens with two attached hydrogens (primary N) is 1. The van der Waals surface area contributed by atoms with Gasteiger partial charge in [0.2, 0.25) is 0 Å². The van der Waals surface area contributed by atoms with Crippen molar-refractivity contribution in [3.05, 3.63) is 23.9 Å². The van der Waals surface area contributed by atoms with Crippen LogP contribution in [0.1, 0.15) is 23.2 Å². The number of ether oxygens (including phenoxy) is 1. The van der Waals surface area contributed by atoms with Crippen molar-refractivity contribution >= 4 is 11.8 Å². The van der Waals surface area contributed by atoms with E-state index in [4.69, 9.17) is 10.5 Å². The third-order valence-corrected chi connectivity index (χ3v) is 3.03. The third kappa shape index (κ3) is 2.55. The molecule has 1 aromatic heterocycles. The fraction of sp³-hybridized carbons (Fsp3) is 0.500. The molecular weight excluding hydrogens is 218 g/mol. The molecule has 1 aromatic rings. The van der Waals surface area contributed by atoms with Crippen LogP contribution in [0.4, 0.5) is 5.82 Å². The molecular formula is C12H17N3O2. The molecule has 0 amide bonds. The van der Waals surface area contributed by atoms with Gasteiger partial charge in [0.05, 0.1) is 7.11 Å². The Labute approximate surface area is 101 Å². The first kappa shape index (κ1) is 11.9. The Balaban J connectivity index is 2.23. The van der Waals surface area contributed by atoms with E-state index in [2.05, 4.69) is 9.88 Å². The number of nitrogens with zero attached hydrogens (tertiary/aromatic N) is 2. The Bertz CT molecular complexity index is 400. The smallest absolute Gasteiger partial charge is 0.341 e. The molecule has 0 spiro atoms. The summed E-state index contributed by atoms with van der Waals surface area (Å²) in [5, 5.41) is 0. The van der Waals surface area contributed by atoms with Crippen LogP contribution in [0.15, 0.2) is 18.3 Å². The molecule has 0 bridgehead atoms. The lowest BCUT2D eigenvalue weighted by Gasteiger charge is -2.31. The van der Waals surface area contributed by atoms with Crippen LogP contribution in [0.2, 0.25) is 0 Å². The quantitative estimate of drug-likeness (QED) is 0.768. The van der Waals surface area contributed by atoms with Gasteiger partial charge < -0.3 is 15.4 Å². The Morgan fingerprint density at radius 3 is 2.88 bits per heavy atom. The molecule has 2 heterocycles. The van der Waals surface area contributed by atoms with Gasteiger partial charge in [0.25, 0.3) is 0 Å². The van der Waals surface area contributed by atoms with Gasteiger partial charge in [0.1, 0.15) is 11.4 Å². The Morgan fingerprint density at radius 2 is 2.24 bits per heavy atom. The van der Waals surface area contributed by atoms with E-state index in [-0.39, 0.29) is 12.0 Å². The second kappa shape index (κ2) is 5.14. The van der Waals surface area contributed by atoms with E-state index in [1.807, 2.05) is 0 Å². The first-order valence-electron chi connectivity index (χ1n) is 5.76. The van der Waals surface area contributed by atoms with Gasteiger partial charge in [-0.3, -0.25) is 0 Å². The summed E-state index contributed by atoms with van der Waals surface area (Å²) >= 11 is 0. The molecule has 92 valence electrons. The summed E-state index contributed by atoms with van der Waals surface area (Å²) in [6.45, 7) is 1.67. The normalized spacial score (nSPS) is 16.9. The van der Waals surface area contributed by atoms with Crippen LogP contribution in [0, 0.1) is 0 Å². The molecule has 0 unspecified atom stereocenters. The van der Waals surface area contributed by atoms with Crippen LogP contribution in [0.25, 0.3) is 0 Å². The number of hydrogen-bond acceptors (Lipinski definition) is 5. The van der Waals surface area contributed by atoms with E-state index in [0.717, 1.165) is 25.9 Å².